The summed E-state index contributed by atoms with van der Waals surface area (Å²) in [5, 5.41) is 29.6. The summed E-state index contributed by atoms with van der Waals surface area (Å²) in [7, 11) is 0. The van der Waals surface area contributed by atoms with Gasteiger partial charge >= 0.3 is 11.9 Å². The number of rotatable bonds is 13. The van der Waals surface area contributed by atoms with Crippen LogP contribution in [0.5, 0.6) is 0 Å². The lowest BCUT2D eigenvalue weighted by Gasteiger charge is -2.34. The van der Waals surface area contributed by atoms with Gasteiger partial charge in [-0.15, -0.1) is 0 Å². The van der Waals surface area contributed by atoms with Gasteiger partial charge in [-0.05, 0) is 36.0 Å². The number of amides is 5. The summed E-state index contributed by atoms with van der Waals surface area (Å²) >= 11 is 0. The average molecular weight is 640 g/mol. The number of carbonyl (C=O) groups is 7. The van der Waals surface area contributed by atoms with E-state index in [1.807, 2.05) is 20.8 Å². The van der Waals surface area contributed by atoms with E-state index in [-0.39, 0.29) is 30.2 Å². The number of aliphatic hydroxyl groups is 1. The van der Waals surface area contributed by atoms with Gasteiger partial charge in [0.15, 0.2) is 0 Å². The Bertz CT molecular complexity index is 1150. The molecule has 0 saturated carbocycles. The fourth-order valence-electron chi connectivity index (χ4n) is 5.74. The van der Waals surface area contributed by atoms with Crippen LogP contribution in [0.15, 0.2) is 0 Å². The van der Waals surface area contributed by atoms with Crippen molar-refractivity contribution in [3.8, 4) is 0 Å². The van der Waals surface area contributed by atoms with Crippen LogP contribution in [0.4, 0.5) is 0 Å². The number of hydrogen-bond acceptors (Lipinski definition) is 9. The third kappa shape index (κ3) is 10.7. The molecule has 0 spiro atoms. The van der Waals surface area contributed by atoms with Crippen LogP contribution in [0.2, 0.25) is 0 Å². The highest BCUT2D eigenvalue weighted by Gasteiger charge is 2.47. The van der Waals surface area contributed by atoms with Gasteiger partial charge in [0.1, 0.15) is 30.2 Å². The molecule has 2 aliphatic heterocycles. The van der Waals surface area contributed by atoms with Crippen molar-refractivity contribution >= 4 is 41.5 Å². The zero-order valence-corrected chi connectivity index (χ0v) is 27.3. The van der Waals surface area contributed by atoms with Crippen LogP contribution < -0.4 is 21.3 Å². The van der Waals surface area contributed by atoms with E-state index < -0.39 is 90.3 Å². The van der Waals surface area contributed by atoms with E-state index in [4.69, 9.17) is 4.74 Å². The maximum atomic E-state index is 14.0. The molecule has 45 heavy (non-hydrogen) atoms. The van der Waals surface area contributed by atoms with Crippen LogP contribution in [-0.4, -0.2) is 99.6 Å². The SMILES string of the molecule is CC(=O)N[C@H](C(=O)N[C@@H](CC(=O)O)C(=O)N[C@H](C(=O)N1CC[C@H](CC(C)(C)C)[C@H]1C(=O)N[C@H]1CC(=O)OC1O)C(C)C)C(C)C. The summed E-state index contributed by atoms with van der Waals surface area (Å²) in [6.45, 7) is 14.1. The first-order valence-corrected chi connectivity index (χ1v) is 15.3. The highest BCUT2D eigenvalue weighted by atomic mass is 16.6. The minimum atomic E-state index is -1.56. The second-order valence-corrected chi connectivity index (χ2v) is 13.8. The molecular weight excluding hydrogens is 590 g/mol. The summed E-state index contributed by atoms with van der Waals surface area (Å²) in [4.78, 5) is 90.3. The molecule has 254 valence electrons. The number of carbonyl (C=O) groups excluding carboxylic acids is 6. The molecule has 5 amide bonds. The molecule has 0 aliphatic carbocycles. The molecule has 15 nitrogen and oxygen atoms in total. The number of cyclic esters (lactones) is 1. The Morgan fingerprint density at radius 1 is 0.956 bits per heavy atom. The standard InChI is InChI=1S/C30H49N5O10/c1-14(2)22(31-16(5)36)26(41)32-18(11-20(37)38)25(40)34-23(15(3)4)28(43)35-10-9-17(13-30(6,7)8)24(35)27(42)33-19-12-21(39)45-29(19)44/h14-15,17-19,22-24,29,44H,9-13H2,1-8H3,(H,31,36)(H,32,41)(H,33,42)(H,34,40)(H,37,38)/t17-,18+,19+,22+,23+,24+,29?/m1/s1. The second-order valence-electron chi connectivity index (χ2n) is 13.8. The second kappa shape index (κ2) is 15.5. The fraction of sp³-hybridized carbons (Fsp3) is 0.767. The maximum absolute atomic E-state index is 14.0. The van der Waals surface area contributed by atoms with E-state index in [1.54, 1.807) is 27.7 Å². The predicted molar refractivity (Wildman–Crippen MR) is 160 cm³/mol. The topological polar surface area (TPSA) is 221 Å². The van der Waals surface area contributed by atoms with Gasteiger partial charge in [0.05, 0.1) is 12.8 Å². The van der Waals surface area contributed by atoms with Crippen LogP contribution in [-0.2, 0) is 38.3 Å². The zero-order chi connectivity index (χ0) is 34.4. The molecule has 0 bridgehead atoms. The highest BCUT2D eigenvalue weighted by Crippen LogP contribution is 2.36. The number of nitrogens with one attached hydrogen (secondary N) is 4. The summed E-state index contributed by atoms with van der Waals surface area (Å²) in [5.74, 6) is -6.49. The molecule has 0 aromatic rings. The van der Waals surface area contributed by atoms with Gasteiger partial charge in [0.25, 0.3) is 0 Å². The van der Waals surface area contributed by atoms with E-state index in [0.29, 0.717) is 12.8 Å². The largest absolute Gasteiger partial charge is 0.481 e. The van der Waals surface area contributed by atoms with Crippen molar-refractivity contribution in [2.45, 2.75) is 118 Å². The van der Waals surface area contributed by atoms with Crippen LogP contribution in [0.25, 0.3) is 0 Å². The lowest BCUT2D eigenvalue weighted by molar-refractivity contribution is -0.155. The van der Waals surface area contributed by atoms with E-state index in [9.17, 15) is 43.8 Å². The lowest BCUT2D eigenvalue weighted by atomic mass is 9.81. The molecule has 1 unspecified atom stereocenters. The van der Waals surface area contributed by atoms with Crippen molar-refractivity contribution in [2.24, 2.45) is 23.2 Å². The van der Waals surface area contributed by atoms with Gasteiger partial charge in [0.2, 0.25) is 35.8 Å². The van der Waals surface area contributed by atoms with Gasteiger partial charge in [0, 0.05) is 13.5 Å². The molecule has 2 rings (SSSR count). The molecule has 2 saturated heterocycles. The minimum absolute atomic E-state index is 0.196. The van der Waals surface area contributed by atoms with Crippen molar-refractivity contribution in [3.63, 3.8) is 0 Å². The van der Waals surface area contributed by atoms with Gasteiger partial charge < -0.3 is 41.1 Å². The van der Waals surface area contributed by atoms with Gasteiger partial charge in [-0.1, -0.05) is 48.5 Å². The first-order valence-electron chi connectivity index (χ1n) is 15.3. The van der Waals surface area contributed by atoms with Crippen LogP contribution >= 0.6 is 0 Å². The Kier molecular flexibility index (Phi) is 12.9. The fourth-order valence-corrected chi connectivity index (χ4v) is 5.74. The number of aliphatic hydroxyl groups excluding tert-OH is 1. The van der Waals surface area contributed by atoms with E-state index in [1.165, 1.54) is 11.8 Å². The van der Waals surface area contributed by atoms with Crippen molar-refractivity contribution in [2.75, 3.05) is 6.54 Å². The normalized spacial score (nSPS) is 23.6. The summed E-state index contributed by atoms with van der Waals surface area (Å²) in [5.41, 5.74) is -0.201. The Hall–Kier alpha value is -3.75. The molecule has 2 fully saturated rings. The maximum Gasteiger partial charge on any atom is 0.310 e. The Balaban J connectivity index is 2.32. The number of aliphatic carboxylic acids is 1. The van der Waals surface area contributed by atoms with Crippen molar-refractivity contribution in [3.05, 3.63) is 0 Å². The van der Waals surface area contributed by atoms with Crippen LogP contribution in [0.3, 0.4) is 0 Å². The lowest BCUT2D eigenvalue weighted by Crippen LogP contribution is -2.61. The number of esters is 1. The predicted octanol–water partition coefficient (Wildman–Crippen LogP) is -0.349. The summed E-state index contributed by atoms with van der Waals surface area (Å²) in [6, 6.07) is -5.74. The molecule has 7 atom stereocenters. The zero-order valence-electron chi connectivity index (χ0n) is 27.3. The first-order chi connectivity index (χ1) is 20.7. The number of carboxylic acids is 1. The van der Waals surface area contributed by atoms with Gasteiger partial charge in [-0.25, -0.2) is 0 Å². The number of carboxylic acid groups (broad SMARTS) is 1. The quantitative estimate of drug-likeness (QED) is 0.144. The molecular formula is C30H49N5O10. The molecule has 0 aromatic carbocycles. The van der Waals surface area contributed by atoms with Crippen molar-refractivity contribution in [1.29, 1.82) is 0 Å². The molecule has 0 radical (unpaired) electrons. The first kappa shape index (κ1) is 37.4. The van der Waals surface area contributed by atoms with Gasteiger partial charge in [-0.3, -0.25) is 33.6 Å². The third-order valence-corrected chi connectivity index (χ3v) is 7.81. The number of ether oxygens (including phenoxy) is 1. The Labute approximate surface area is 263 Å². The Morgan fingerprint density at radius 3 is 2.02 bits per heavy atom. The number of nitrogens with zero attached hydrogens (tertiary/aromatic N) is 1. The minimum Gasteiger partial charge on any atom is -0.481 e. The Morgan fingerprint density at radius 2 is 1.56 bits per heavy atom. The van der Waals surface area contributed by atoms with Gasteiger partial charge in [-0.2, -0.15) is 0 Å². The number of likely N-dealkylation sites (tertiary alicyclic amines) is 1. The molecule has 0 aromatic heterocycles. The monoisotopic (exact) mass is 639 g/mol. The summed E-state index contributed by atoms with van der Waals surface area (Å²) in [6.07, 6.45) is -1.46. The highest BCUT2D eigenvalue weighted by molar-refractivity contribution is 5.97. The molecule has 6 N–H and O–H groups in total. The molecule has 2 heterocycles. The average Bonchev–Trinajstić information content (AvgIpc) is 3.44. The van der Waals surface area contributed by atoms with Crippen LogP contribution in [0.1, 0.15) is 81.1 Å². The van der Waals surface area contributed by atoms with Crippen molar-refractivity contribution in [1.82, 2.24) is 26.2 Å². The van der Waals surface area contributed by atoms with E-state index in [2.05, 4.69) is 21.3 Å². The van der Waals surface area contributed by atoms with E-state index in [0.717, 1.165) is 0 Å². The molecule has 2 aliphatic rings. The molecule has 15 heteroatoms. The van der Waals surface area contributed by atoms with Crippen LogP contribution in [0, 0.1) is 23.2 Å². The number of hydrogen-bond donors (Lipinski definition) is 6. The van der Waals surface area contributed by atoms with E-state index >= 15 is 0 Å². The summed E-state index contributed by atoms with van der Waals surface area (Å²) < 4.78 is 4.74. The van der Waals surface area contributed by atoms with Crippen molar-refractivity contribution < 1.29 is 48.5 Å². The smallest absolute Gasteiger partial charge is 0.310 e. The third-order valence-electron chi connectivity index (χ3n) is 7.81.